The number of phenols is 1. The molecule has 8 heteroatoms. The maximum Gasteiger partial charge on any atom is 0.275 e. The number of nitrogens with zero attached hydrogens (tertiary/aromatic N) is 3. The molecule has 8 nitrogen and oxygen atoms in total. The van der Waals surface area contributed by atoms with Crippen molar-refractivity contribution >= 4 is 55.6 Å². The Morgan fingerprint density at radius 3 is 2.14 bits per heavy atom. The molecule has 1 atom stereocenters. The lowest BCUT2D eigenvalue weighted by atomic mass is 9.89. The van der Waals surface area contributed by atoms with Crippen LogP contribution in [-0.2, 0) is 5.54 Å². The SMILES string of the molecule is CCCC(C)(N)c1ccc(N=Nc2c(O)c(C(=O)NN=C(c3ccccc3)c3ccccc3)cc3ccc4c5ccccc5[nH]c4c23)cc1. The van der Waals surface area contributed by atoms with Crippen LogP contribution < -0.4 is 11.2 Å². The van der Waals surface area contributed by atoms with Crippen LogP contribution in [0.4, 0.5) is 11.4 Å². The highest BCUT2D eigenvalue weighted by Gasteiger charge is 2.22. The Morgan fingerprint density at radius 1 is 0.816 bits per heavy atom. The van der Waals surface area contributed by atoms with Gasteiger partial charge in [-0.15, -0.1) is 5.11 Å². The summed E-state index contributed by atoms with van der Waals surface area (Å²) in [6, 6.07) is 40.5. The number of fused-ring (bicyclic) bond motifs is 5. The third-order valence-electron chi connectivity index (χ3n) is 8.90. The van der Waals surface area contributed by atoms with Crippen LogP contribution in [-0.4, -0.2) is 21.7 Å². The van der Waals surface area contributed by atoms with Crippen molar-refractivity contribution in [3.05, 3.63) is 150 Å². The van der Waals surface area contributed by atoms with E-state index in [2.05, 4.69) is 32.7 Å². The minimum absolute atomic E-state index is 0.0231. The number of aromatic amines is 1. The van der Waals surface area contributed by atoms with Gasteiger partial charge in [-0.3, -0.25) is 4.79 Å². The largest absolute Gasteiger partial charge is 0.505 e. The van der Waals surface area contributed by atoms with Crippen LogP contribution in [0, 0.1) is 0 Å². The van der Waals surface area contributed by atoms with Crippen LogP contribution in [0.5, 0.6) is 5.75 Å². The Labute approximate surface area is 284 Å². The van der Waals surface area contributed by atoms with E-state index < -0.39 is 11.4 Å². The number of aromatic hydroxyl groups is 1. The third kappa shape index (κ3) is 6.17. The van der Waals surface area contributed by atoms with Gasteiger partial charge in [0.2, 0.25) is 0 Å². The molecular formula is C41H36N6O2. The predicted molar refractivity (Wildman–Crippen MR) is 198 cm³/mol. The van der Waals surface area contributed by atoms with E-state index in [4.69, 9.17) is 5.73 Å². The van der Waals surface area contributed by atoms with Crippen molar-refractivity contribution in [3.63, 3.8) is 0 Å². The van der Waals surface area contributed by atoms with E-state index in [-0.39, 0.29) is 17.0 Å². The van der Waals surface area contributed by atoms with Gasteiger partial charge in [0, 0.05) is 38.3 Å². The Balaban J connectivity index is 1.34. The summed E-state index contributed by atoms with van der Waals surface area (Å²) in [5.74, 6) is -0.885. The number of hydrazone groups is 1. The topological polar surface area (TPSA) is 128 Å². The van der Waals surface area contributed by atoms with Gasteiger partial charge in [-0.05, 0) is 48.6 Å². The number of aromatic nitrogens is 1. The fraction of sp³-hybridized carbons (Fsp3) is 0.122. The molecule has 0 radical (unpaired) electrons. The van der Waals surface area contributed by atoms with Crippen molar-refractivity contribution in [2.24, 2.45) is 21.1 Å². The first kappa shape index (κ1) is 31.5. The summed E-state index contributed by atoms with van der Waals surface area (Å²) in [6.07, 6.45) is 1.82. The lowest BCUT2D eigenvalue weighted by Crippen LogP contribution is -2.32. The lowest BCUT2D eigenvalue weighted by molar-refractivity contribution is 0.0952. The van der Waals surface area contributed by atoms with E-state index in [9.17, 15) is 9.90 Å². The standard InChI is InChI=1S/C41H36N6O2/c1-3-24-41(2,42)29-19-21-30(22-20-29)44-46-38-35-28(18-23-32-31-16-10-11-17-34(31)43-37(32)35)25-33(39(38)48)40(49)47-45-36(26-12-6-4-7-13-26)27-14-8-5-9-15-27/h4-23,25,43,48H,3,24,42H2,1-2H3,(H,47,49). The Kier molecular flexibility index (Phi) is 8.46. The molecular weight excluding hydrogens is 608 g/mol. The molecule has 0 aliphatic heterocycles. The van der Waals surface area contributed by atoms with Crippen LogP contribution in [0.15, 0.2) is 143 Å². The molecule has 5 N–H and O–H groups in total. The van der Waals surface area contributed by atoms with Crippen LogP contribution >= 0.6 is 0 Å². The number of phenolic OH excluding ortho intramolecular Hbond substituents is 1. The van der Waals surface area contributed by atoms with Crippen molar-refractivity contribution in [1.82, 2.24) is 10.4 Å². The molecule has 1 heterocycles. The Bertz CT molecular complexity index is 2320. The molecule has 0 bridgehead atoms. The van der Waals surface area contributed by atoms with Crippen molar-refractivity contribution in [2.75, 3.05) is 0 Å². The number of H-pyrrole nitrogens is 1. The van der Waals surface area contributed by atoms with E-state index in [1.165, 1.54) is 0 Å². The summed E-state index contributed by atoms with van der Waals surface area (Å²) in [7, 11) is 0. The minimum Gasteiger partial charge on any atom is -0.505 e. The van der Waals surface area contributed by atoms with E-state index >= 15 is 0 Å². The smallest absolute Gasteiger partial charge is 0.275 e. The molecule has 0 spiro atoms. The molecule has 0 aliphatic rings. The number of nitrogens with two attached hydrogens (primary N) is 1. The number of benzene rings is 6. The van der Waals surface area contributed by atoms with Gasteiger partial charge in [0.15, 0.2) is 5.75 Å². The molecule has 7 rings (SSSR count). The normalized spacial score (nSPS) is 12.8. The molecule has 7 aromatic rings. The van der Waals surface area contributed by atoms with Gasteiger partial charge in [-0.1, -0.05) is 116 Å². The zero-order chi connectivity index (χ0) is 34.0. The predicted octanol–water partition coefficient (Wildman–Crippen LogP) is 9.75. The summed E-state index contributed by atoms with van der Waals surface area (Å²) in [6.45, 7) is 4.13. The third-order valence-corrected chi connectivity index (χ3v) is 8.90. The number of nitrogens with one attached hydrogen (secondary N) is 2. The molecule has 0 aliphatic carbocycles. The van der Waals surface area contributed by atoms with Crippen molar-refractivity contribution < 1.29 is 9.90 Å². The second kappa shape index (κ2) is 13.2. The van der Waals surface area contributed by atoms with Crippen LogP contribution in [0.1, 0.15) is 53.7 Å². The first-order valence-electron chi connectivity index (χ1n) is 16.3. The zero-order valence-corrected chi connectivity index (χ0v) is 27.3. The fourth-order valence-corrected chi connectivity index (χ4v) is 6.39. The molecule has 1 amide bonds. The number of carbonyl (C=O) groups is 1. The maximum absolute atomic E-state index is 13.8. The summed E-state index contributed by atoms with van der Waals surface area (Å²) < 4.78 is 0. The lowest BCUT2D eigenvalue weighted by Gasteiger charge is -2.24. The van der Waals surface area contributed by atoms with E-state index in [0.717, 1.165) is 51.3 Å². The first-order valence-corrected chi connectivity index (χ1v) is 16.3. The van der Waals surface area contributed by atoms with Gasteiger partial charge in [-0.25, -0.2) is 5.43 Å². The van der Waals surface area contributed by atoms with Gasteiger partial charge in [0.25, 0.3) is 5.91 Å². The number of para-hydroxylation sites is 1. The minimum atomic E-state index is -0.584. The molecule has 0 saturated carbocycles. The molecule has 1 unspecified atom stereocenters. The highest BCUT2D eigenvalue weighted by atomic mass is 16.3. The number of amides is 1. The monoisotopic (exact) mass is 644 g/mol. The average molecular weight is 645 g/mol. The molecule has 0 fully saturated rings. The van der Waals surface area contributed by atoms with Gasteiger partial charge >= 0.3 is 0 Å². The fourth-order valence-electron chi connectivity index (χ4n) is 6.39. The second-order valence-corrected chi connectivity index (χ2v) is 12.4. The van der Waals surface area contributed by atoms with Crippen LogP contribution in [0.2, 0.25) is 0 Å². The van der Waals surface area contributed by atoms with Crippen molar-refractivity contribution in [2.45, 2.75) is 32.2 Å². The van der Waals surface area contributed by atoms with Gasteiger partial charge < -0.3 is 15.8 Å². The van der Waals surface area contributed by atoms with E-state index in [1.807, 2.05) is 128 Å². The van der Waals surface area contributed by atoms with E-state index in [1.54, 1.807) is 6.07 Å². The second-order valence-electron chi connectivity index (χ2n) is 12.4. The zero-order valence-electron chi connectivity index (χ0n) is 27.3. The molecule has 242 valence electrons. The molecule has 1 aromatic heterocycles. The number of hydrogen-bond donors (Lipinski definition) is 4. The van der Waals surface area contributed by atoms with Crippen molar-refractivity contribution in [1.29, 1.82) is 0 Å². The Hall–Kier alpha value is -6.12. The highest BCUT2D eigenvalue weighted by Crippen LogP contribution is 2.44. The average Bonchev–Trinajstić information content (AvgIpc) is 3.51. The van der Waals surface area contributed by atoms with Crippen LogP contribution in [0.3, 0.4) is 0 Å². The van der Waals surface area contributed by atoms with Gasteiger partial charge in [-0.2, -0.15) is 10.2 Å². The number of rotatable bonds is 9. The van der Waals surface area contributed by atoms with Gasteiger partial charge in [0.05, 0.1) is 22.5 Å². The molecule has 6 aromatic carbocycles. The number of carbonyl (C=O) groups excluding carboxylic acids is 1. The number of hydrogen-bond acceptors (Lipinski definition) is 6. The molecule has 49 heavy (non-hydrogen) atoms. The Morgan fingerprint density at radius 2 is 1.47 bits per heavy atom. The first-order chi connectivity index (χ1) is 23.8. The highest BCUT2D eigenvalue weighted by molar-refractivity contribution is 6.22. The van der Waals surface area contributed by atoms with Gasteiger partial charge in [0.1, 0.15) is 5.69 Å². The number of azo groups is 1. The maximum atomic E-state index is 13.8. The summed E-state index contributed by atoms with van der Waals surface area (Å²) in [5, 5.41) is 28.8. The van der Waals surface area contributed by atoms with Crippen molar-refractivity contribution in [3.8, 4) is 5.75 Å². The molecule has 0 saturated heterocycles. The summed E-state index contributed by atoms with van der Waals surface area (Å²) >= 11 is 0. The quantitative estimate of drug-likeness (QED) is 0.0709. The summed E-state index contributed by atoms with van der Waals surface area (Å²) in [5.41, 5.74) is 14.6. The summed E-state index contributed by atoms with van der Waals surface area (Å²) in [4.78, 5) is 17.3. The van der Waals surface area contributed by atoms with Crippen LogP contribution in [0.25, 0.3) is 32.6 Å². The van der Waals surface area contributed by atoms with E-state index in [0.29, 0.717) is 22.2 Å².